The number of carbonyl (C=O) groups excluding carboxylic acids is 1. The van der Waals surface area contributed by atoms with Crippen molar-refractivity contribution in [1.82, 2.24) is 34.6 Å². The number of ether oxygens (including phenoxy) is 1. The lowest BCUT2D eigenvalue weighted by Crippen LogP contribution is -2.18. The van der Waals surface area contributed by atoms with Crippen LogP contribution >= 0.6 is 0 Å². The molecule has 0 spiro atoms. The Kier molecular flexibility index (Phi) is 8.77. The summed E-state index contributed by atoms with van der Waals surface area (Å²) in [5, 5.41) is 10.4. The van der Waals surface area contributed by atoms with Crippen LogP contribution in [0.25, 0.3) is 22.4 Å². The molecule has 0 bridgehead atoms. The summed E-state index contributed by atoms with van der Waals surface area (Å²) in [6.45, 7) is 6.87. The summed E-state index contributed by atoms with van der Waals surface area (Å²) in [6.07, 6.45) is 7.93. The maximum Gasteiger partial charge on any atom is 0.322 e. The predicted octanol–water partition coefficient (Wildman–Crippen LogP) is 5.47. The Bertz CT molecular complexity index is 1770. The Morgan fingerprint density at radius 1 is 1.07 bits per heavy atom. The minimum Gasteiger partial charge on any atom is -0.421 e. The van der Waals surface area contributed by atoms with E-state index < -0.39 is 5.82 Å². The molecule has 0 unspecified atom stereocenters. The fourth-order valence-electron chi connectivity index (χ4n) is 4.12. The summed E-state index contributed by atoms with van der Waals surface area (Å²) in [5.41, 5.74) is 4.25. The lowest BCUT2D eigenvalue weighted by atomic mass is 10.00. The van der Waals surface area contributed by atoms with Gasteiger partial charge in [-0.05, 0) is 63.0 Å². The zero-order valence-corrected chi connectivity index (χ0v) is 24.0. The van der Waals surface area contributed by atoms with Gasteiger partial charge in [0.1, 0.15) is 0 Å². The van der Waals surface area contributed by atoms with Crippen LogP contribution in [0.1, 0.15) is 5.69 Å². The molecule has 0 aliphatic carbocycles. The molecule has 5 rings (SSSR count). The number of aryl methyl sites for hydroxylation is 1. The van der Waals surface area contributed by atoms with E-state index >= 15 is 4.39 Å². The molecular weight excluding hydrogens is 549 g/mol. The first-order valence-electron chi connectivity index (χ1n) is 13.4. The van der Waals surface area contributed by atoms with Crippen molar-refractivity contribution >= 4 is 23.2 Å². The molecule has 5 aromatic rings. The zero-order chi connectivity index (χ0) is 30.3. The minimum atomic E-state index is -0.604. The highest BCUT2D eigenvalue weighted by atomic mass is 19.1. The maximum atomic E-state index is 15.3. The number of aromatic nitrogens is 6. The molecule has 11 nitrogen and oxygen atoms in total. The fourth-order valence-corrected chi connectivity index (χ4v) is 4.12. The lowest BCUT2D eigenvalue weighted by molar-refractivity contribution is -0.111. The number of likely N-dealkylation sites (N-methyl/N-ethyl adjacent to an activating group) is 1. The van der Waals surface area contributed by atoms with Crippen molar-refractivity contribution in [2.24, 2.45) is 0 Å². The van der Waals surface area contributed by atoms with Crippen LogP contribution in [0.15, 0.2) is 86.0 Å². The van der Waals surface area contributed by atoms with Crippen molar-refractivity contribution in [3.63, 3.8) is 0 Å². The van der Waals surface area contributed by atoms with Gasteiger partial charge in [-0.15, -0.1) is 0 Å². The number of benzene rings is 2. The monoisotopic (exact) mass is 579 g/mol. The van der Waals surface area contributed by atoms with E-state index in [0.29, 0.717) is 39.7 Å². The van der Waals surface area contributed by atoms with E-state index in [0.717, 1.165) is 18.8 Å². The van der Waals surface area contributed by atoms with Crippen LogP contribution in [0.4, 0.5) is 21.7 Å². The Balaban J connectivity index is 1.50. The molecule has 0 fully saturated rings. The SMILES string of the molecule is C=CC(=O)Nc1cccc(-c2nc(Nc3cnn(CCN(C)C)c3)ncc2-c2ccc(Oc3nccc(C)n3)c(F)c2)c1. The molecule has 0 aliphatic rings. The van der Waals surface area contributed by atoms with Gasteiger partial charge >= 0.3 is 6.01 Å². The molecule has 0 saturated heterocycles. The molecule has 3 aromatic heterocycles. The van der Waals surface area contributed by atoms with Crippen LogP contribution in [0, 0.1) is 12.7 Å². The van der Waals surface area contributed by atoms with Crippen molar-refractivity contribution in [3.05, 3.63) is 97.5 Å². The van der Waals surface area contributed by atoms with E-state index in [-0.39, 0.29) is 17.7 Å². The second-order valence-electron chi connectivity index (χ2n) is 9.88. The van der Waals surface area contributed by atoms with Crippen molar-refractivity contribution < 1.29 is 13.9 Å². The number of nitrogens with zero attached hydrogens (tertiary/aromatic N) is 7. The first-order valence-corrected chi connectivity index (χ1v) is 13.4. The molecule has 2 N–H and O–H groups in total. The molecule has 1 amide bonds. The number of halogens is 1. The Morgan fingerprint density at radius 2 is 1.93 bits per heavy atom. The van der Waals surface area contributed by atoms with E-state index in [2.05, 4.69) is 42.2 Å². The van der Waals surface area contributed by atoms with Gasteiger partial charge in [0.15, 0.2) is 11.6 Å². The van der Waals surface area contributed by atoms with Gasteiger partial charge in [-0.1, -0.05) is 24.8 Å². The third-order valence-corrected chi connectivity index (χ3v) is 6.26. The molecule has 12 heteroatoms. The quantitative estimate of drug-likeness (QED) is 0.196. The van der Waals surface area contributed by atoms with Crippen molar-refractivity contribution in [1.29, 1.82) is 0 Å². The Labute approximate surface area is 248 Å². The van der Waals surface area contributed by atoms with Crippen LogP contribution in [0.2, 0.25) is 0 Å². The molecule has 218 valence electrons. The molecular formula is C31H30FN9O2. The highest BCUT2D eigenvalue weighted by Gasteiger charge is 2.16. The van der Waals surface area contributed by atoms with Gasteiger partial charge in [0.25, 0.3) is 0 Å². The zero-order valence-electron chi connectivity index (χ0n) is 24.0. The lowest BCUT2D eigenvalue weighted by Gasteiger charge is -2.13. The molecule has 2 aromatic carbocycles. The molecule has 0 aliphatic heterocycles. The molecule has 43 heavy (non-hydrogen) atoms. The Hall–Kier alpha value is -5.49. The normalized spacial score (nSPS) is 10.9. The number of hydrogen-bond donors (Lipinski definition) is 2. The van der Waals surface area contributed by atoms with Crippen LogP contribution in [-0.2, 0) is 11.3 Å². The number of rotatable bonds is 11. The van der Waals surface area contributed by atoms with Gasteiger partial charge in [0, 0.05) is 47.6 Å². The number of carbonyl (C=O) groups is 1. The molecule has 0 radical (unpaired) electrons. The average molecular weight is 580 g/mol. The summed E-state index contributed by atoms with van der Waals surface area (Å²) >= 11 is 0. The standard InChI is InChI=1S/C31H30FN9O2/c1-5-28(42)37-23-8-6-7-22(15-23)29-25(18-34-30(39-29)38-24-17-35-41(19-24)14-13-40(3)4)21-9-10-27(26(32)16-21)43-31-33-12-11-20(2)36-31/h5-12,15-19H,1,13-14H2,2-4H3,(H,37,42)(H,34,38,39). The second-order valence-corrected chi connectivity index (χ2v) is 9.88. The number of anilines is 3. The summed E-state index contributed by atoms with van der Waals surface area (Å²) in [7, 11) is 4.00. The number of hydrogen-bond acceptors (Lipinski definition) is 9. The van der Waals surface area contributed by atoms with Crippen molar-refractivity contribution in [2.75, 3.05) is 31.3 Å². The molecule has 3 heterocycles. The topological polar surface area (TPSA) is 123 Å². The minimum absolute atomic E-state index is 0.0180. The van der Waals surface area contributed by atoms with E-state index in [1.54, 1.807) is 55.8 Å². The third-order valence-electron chi connectivity index (χ3n) is 6.26. The highest BCUT2D eigenvalue weighted by Crippen LogP contribution is 2.35. The van der Waals surface area contributed by atoms with E-state index in [1.165, 1.54) is 18.2 Å². The first-order chi connectivity index (χ1) is 20.8. The summed E-state index contributed by atoms with van der Waals surface area (Å²) in [5.74, 6) is -0.643. The maximum absolute atomic E-state index is 15.3. The van der Waals surface area contributed by atoms with Crippen LogP contribution < -0.4 is 15.4 Å². The smallest absolute Gasteiger partial charge is 0.322 e. The van der Waals surface area contributed by atoms with Gasteiger partial charge in [0.05, 0.1) is 24.1 Å². The molecule has 0 atom stereocenters. The Morgan fingerprint density at radius 3 is 2.70 bits per heavy atom. The third kappa shape index (κ3) is 7.43. The van der Waals surface area contributed by atoms with Crippen LogP contribution in [0.5, 0.6) is 11.8 Å². The largest absolute Gasteiger partial charge is 0.421 e. The van der Waals surface area contributed by atoms with E-state index in [1.807, 2.05) is 31.0 Å². The van der Waals surface area contributed by atoms with Gasteiger partial charge in [-0.2, -0.15) is 5.10 Å². The van der Waals surface area contributed by atoms with Crippen LogP contribution in [0.3, 0.4) is 0 Å². The molecule has 0 saturated carbocycles. The van der Waals surface area contributed by atoms with Crippen LogP contribution in [-0.4, -0.2) is 61.2 Å². The van der Waals surface area contributed by atoms with Gasteiger partial charge in [-0.3, -0.25) is 9.48 Å². The van der Waals surface area contributed by atoms with E-state index in [9.17, 15) is 4.79 Å². The summed E-state index contributed by atoms with van der Waals surface area (Å²) < 4.78 is 22.7. The second kappa shape index (κ2) is 13.0. The van der Waals surface area contributed by atoms with E-state index in [4.69, 9.17) is 9.72 Å². The fraction of sp³-hybridized carbons (Fsp3) is 0.161. The summed E-state index contributed by atoms with van der Waals surface area (Å²) in [4.78, 5) is 31.5. The number of nitrogens with one attached hydrogen (secondary N) is 2. The summed E-state index contributed by atoms with van der Waals surface area (Å²) in [6, 6.07) is 13.5. The van der Waals surface area contributed by atoms with Gasteiger partial charge in [0.2, 0.25) is 11.9 Å². The highest BCUT2D eigenvalue weighted by molar-refractivity contribution is 5.99. The van der Waals surface area contributed by atoms with Gasteiger partial charge < -0.3 is 20.3 Å². The van der Waals surface area contributed by atoms with Gasteiger partial charge in [-0.25, -0.2) is 24.3 Å². The average Bonchev–Trinajstić information content (AvgIpc) is 3.44. The van der Waals surface area contributed by atoms with Crippen molar-refractivity contribution in [3.8, 4) is 34.1 Å². The first kappa shape index (κ1) is 29.0. The number of amides is 1. The van der Waals surface area contributed by atoms with Crippen molar-refractivity contribution in [2.45, 2.75) is 13.5 Å². The predicted molar refractivity (Wildman–Crippen MR) is 163 cm³/mol.